The number of carbonyl (C=O) groups excluding carboxylic acids is 1. The Hall–Kier alpha value is -1.06. The third-order valence-electron chi connectivity index (χ3n) is 4.28. The normalized spacial score (nSPS) is 17.1. The van der Waals surface area contributed by atoms with Crippen molar-refractivity contribution < 1.29 is 4.79 Å². The first-order valence-electron chi connectivity index (χ1n) is 7.80. The van der Waals surface area contributed by atoms with E-state index in [4.69, 9.17) is 11.6 Å². The topological polar surface area (TPSA) is 32.3 Å². The van der Waals surface area contributed by atoms with Crippen LogP contribution in [0.5, 0.6) is 0 Å². The summed E-state index contributed by atoms with van der Waals surface area (Å²) in [5.74, 6) is 0.671. The number of benzene rings is 1. The molecule has 4 heteroatoms. The summed E-state index contributed by atoms with van der Waals surface area (Å²) in [6.45, 7) is 7.55. The van der Waals surface area contributed by atoms with Gasteiger partial charge in [0.15, 0.2) is 0 Å². The maximum atomic E-state index is 12.0. The molecule has 0 unspecified atom stereocenters. The van der Waals surface area contributed by atoms with Crippen molar-refractivity contribution >= 4 is 17.5 Å². The number of hydrogen-bond donors (Lipinski definition) is 1. The molecule has 0 bridgehead atoms. The fourth-order valence-electron chi connectivity index (χ4n) is 2.81. The van der Waals surface area contributed by atoms with Gasteiger partial charge in [0, 0.05) is 17.6 Å². The van der Waals surface area contributed by atoms with E-state index in [1.807, 2.05) is 24.3 Å². The van der Waals surface area contributed by atoms with E-state index in [2.05, 4.69) is 24.1 Å². The monoisotopic (exact) mass is 308 g/mol. The fourth-order valence-corrected chi connectivity index (χ4v) is 3.01. The Morgan fingerprint density at radius 1 is 1.33 bits per heavy atom. The molecule has 116 valence electrons. The van der Waals surface area contributed by atoms with Gasteiger partial charge < -0.3 is 10.2 Å². The minimum absolute atomic E-state index is 0.0642. The molecule has 0 aromatic heterocycles. The second kappa shape index (κ2) is 7.81. The number of piperidine rings is 1. The summed E-state index contributed by atoms with van der Waals surface area (Å²) in [5, 5.41) is 3.72. The molecule has 2 rings (SSSR count). The molecule has 1 fully saturated rings. The molecule has 0 saturated carbocycles. The average molecular weight is 309 g/mol. The molecule has 0 aliphatic carbocycles. The van der Waals surface area contributed by atoms with E-state index in [0.717, 1.165) is 25.2 Å². The first-order valence-corrected chi connectivity index (χ1v) is 8.18. The minimum Gasteiger partial charge on any atom is -0.356 e. The summed E-state index contributed by atoms with van der Waals surface area (Å²) in [6.07, 6.45) is 2.71. The van der Waals surface area contributed by atoms with Crippen LogP contribution in [0.15, 0.2) is 24.3 Å². The predicted molar refractivity (Wildman–Crippen MR) is 87.6 cm³/mol. The molecule has 3 nitrogen and oxygen atoms in total. The highest BCUT2D eigenvalue weighted by molar-refractivity contribution is 6.31. The molecule has 1 heterocycles. The fraction of sp³-hybridized carbons (Fsp3) is 0.588. The molecule has 21 heavy (non-hydrogen) atoms. The lowest BCUT2D eigenvalue weighted by atomic mass is 9.96. The molecule has 0 radical (unpaired) electrons. The van der Waals surface area contributed by atoms with Crippen LogP contribution in [-0.4, -0.2) is 36.5 Å². The van der Waals surface area contributed by atoms with Crippen LogP contribution in [0.3, 0.4) is 0 Å². The summed E-state index contributed by atoms with van der Waals surface area (Å²) in [4.78, 5) is 14.5. The van der Waals surface area contributed by atoms with Crippen molar-refractivity contribution in [2.24, 2.45) is 5.92 Å². The summed E-state index contributed by atoms with van der Waals surface area (Å²) < 4.78 is 0. The van der Waals surface area contributed by atoms with Gasteiger partial charge in [-0.25, -0.2) is 0 Å². The summed E-state index contributed by atoms with van der Waals surface area (Å²) in [6, 6.07) is 8.15. The Morgan fingerprint density at radius 3 is 2.62 bits per heavy atom. The molecule has 1 aromatic rings. The minimum atomic E-state index is 0.0642. The number of amides is 1. The van der Waals surface area contributed by atoms with Crippen molar-refractivity contribution in [3.05, 3.63) is 34.9 Å². The molecule has 1 saturated heterocycles. The van der Waals surface area contributed by atoms with Crippen LogP contribution in [0.1, 0.15) is 32.3 Å². The van der Waals surface area contributed by atoms with Gasteiger partial charge >= 0.3 is 0 Å². The smallest absolute Gasteiger partial charge is 0.224 e. The standard InChI is InChI=1S/C17H25ClN2O/c1-13(2)20-9-7-14(8-10-20)12-19-17(21)11-15-5-3-4-6-16(15)18/h3-6,13-14H,7-12H2,1-2H3,(H,19,21). The number of halogens is 1. The quantitative estimate of drug-likeness (QED) is 0.906. The highest BCUT2D eigenvalue weighted by Crippen LogP contribution is 2.18. The maximum absolute atomic E-state index is 12.0. The Morgan fingerprint density at radius 2 is 2.00 bits per heavy atom. The molecule has 1 N–H and O–H groups in total. The van der Waals surface area contributed by atoms with Gasteiger partial charge in [0.1, 0.15) is 0 Å². The SMILES string of the molecule is CC(C)N1CCC(CNC(=O)Cc2ccccc2Cl)CC1. The molecule has 0 atom stereocenters. The number of nitrogens with zero attached hydrogens (tertiary/aromatic N) is 1. The van der Waals surface area contributed by atoms with Gasteiger partial charge in [0.2, 0.25) is 5.91 Å². The van der Waals surface area contributed by atoms with E-state index in [1.54, 1.807) is 0 Å². The van der Waals surface area contributed by atoms with E-state index < -0.39 is 0 Å². The highest BCUT2D eigenvalue weighted by atomic mass is 35.5. The molecule has 0 spiro atoms. The lowest BCUT2D eigenvalue weighted by Gasteiger charge is -2.34. The van der Waals surface area contributed by atoms with Crippen LogP contribution in [-0.2, 0) is 11.2 Å². The molecular formula is C17H25ClN2O. The Bertz CT molecular complexity index is 468. The van der Waals surface area contributed by atoms with E-state index in [9.17, 15) is 4.79 Å². The number of hydrogen-bond acceptors (Lipinski definition) is 2. The van der Waals surface area contributed by atoms with Crippen LogP contribution < -0.4 is 5.32 Å². The van der Waals surface area contributed by atoms with Gasteiger partial charge in [-0.15, -0.1) is 0 Å². The van der Waals surface area contributed by atoms with Gasteiger partial charge in [-0.1, -0.05) is 29.8 Å². The van der Waals surface area contributed by atoms with Crippen LogP contribution in [0.2, 0.25) is 5.02 Å². The lowest BCUT2D eigenvalue weighted by Crippen LogP contribution is -2.41. The van der Waals surface area contributed by atoms with Crippen LogP contribution in [0.25, 0.3) is 0 Å². The number of carbonyl (C=O) groups is 1. The molecule has 1 aromatic carbocycles. The first kappa shape index (κ1) is 16.3. The zero-order valence-corrected chi connectivity index (χ0v) is 13.7. The van der Waals surface area contributed by atoms with Gasteiger partial charge in [-0.05, 0) is 57.3 Å². The van der Waals surface area contributed by atoms with Gasteiger partial charge in [0.25, 0.3) is 0 Å². The van der Waals surface area contributed by atoms with Crippen LogP contribution in [0, 0.1) is 5.92 Å². The summed E-state index contributed by atoms with van der Waals surface area (Å²) in [5.41, 5.74) is 0.895. The largest absolute Gasteiger partial charge is 0.356 e. The van der Waals surface area contributed by atoms with Crippen molar-refractivity contribution in [1.82, 2.24) is 10.2 Å². The van der Waals surface area contributed by atoms with E-state index in [-0.39, 0.29) is 5.91 Å². The van der Waals surface area contributed by atoms with E-state index >= 15 is 0 Å². The van der Waals surface area contributed by atoms with Crippen molar-refractivity contribution in [2.75, 3.05) is 19.6 Å². The van der Waals surface area contributed by atoms with Crippen molar-refractivity contribution in [3.8, 4) is 0 Å². The Balaban J connectivity index is 1.72. The average Bonchev–Trinajstić information content (AvgIpc) is 2.48. The van der Waals surface area contributed by atoms with Crippen molar-refractivity contribution in [2.45, 2.75) is 39.2 Å². The maximum Gasteiger partial charge on any atom is 0.224 e. The van der Waals surface area contributed by atoms with E-state index in [0.29, 0.717) is 23.4 Å². The third-order valence-corrected chi connectivity index (χ3v) is 4.64. The molecule has 1 amide bonds. The Kier molecular flexibility index (Phi) is 6.07. The predicted octanol–water partition coefficient (Wildman–Crippen LogP) is 3.12. The molecule has 1 aliphatic heterocycles. The molecular weight excluding hydrogens is 284 g/mol. The van der Waals surface area contributed by atoms with Gasteiger partial charge in [0.05, 0.1) is 6.42 Å². The van der Waals surface area contributed by atoms with Crippen LogP contribution in [0.4, 0.5) is 0 Å². The summed E-state index contributed by atoms with van der Waals surface area (Å²) in [7, 11) is 0. The number of likely N-dealkylation sites (tertiary alicyclic amines) is 1. The van der Waals surface area contributed by atoms with Gasteiger partial charge in [-0.2, -0.15) is 0 Å². The summed E-state index contributed by atoms with van der Waals surface area (Å²) >= 11 is 6.08. The zero-order chi connectivity index (χ0) is 15.2. The highest BCUT2D eigenvalue weighted by Gasteiger charge is 2.21. The first-order chi connectivity index (χ1) is 10.1. The third kappa shape index (κ3) is 5.01. The second-order valence-electron chi connectivity index (χ2n) is 6.15. The van der Waals surface area contributed by atoms with Crippen LogP contribution >= 0.6 is 11.6 Å². The number of nitrogens with one attached hydrogen (secondary N) is 1. The van der Waals surface area contributed by atoms with Crippen molar-refractivity contribution in [3.63, 3.8) is 0 Å². The second-order valence-corrected chi connectivity index (χ2v) is 6.55. The van der Waals surface area contributed by atoms with E-state index in [1.165, 1.54) is 12.8 Å². The lowest BCUT2D eigenvalue weighted by molar-refractivity contribution is -0.120. The van der Waals surface area contributed by atoms with Gasteiger partial charge in [-0.3, -0.25) is 4.79 Å². The zero-order valence-electron chi connectivity index (χ0n) is 12.9. The Labute approximate surface area is 132 Å². The van der Waals surface area contributed by atoms with Crippen molar-refractivity contribution in [1.29, 1.82) is 0 Å². The number of rotatable bonds is 5. The molecule has 1 aliphatic rings.